The molecule has 0 fully saturated rings. The SMILES string of the molecule is COC(=O)CC1=NC(=O)NC(c2ccccc2)C1C(=O)OC. The van der Waals surface area contributed by atoms with E-state index in [1.807, 2.05) is 6.07 Å². The van der Waals surface area contributed by atoms with E-state index in [0.29, 0.717) is 0 Å². The van der Waals surface area contributed by atoms with Gasteiger partial charge in [0.05, 0.1) is 32.4 Å². The summed E-state index contributed by atoms with van der Waals surface area (Å²) >= 11 is 0. The second kappa shape index (κ2) is 6.84. The Hall–Kier alpha value is -2.70. The standard InChI is InChI=1S/C15H16N2O5/c1-21-11(18)8-10-12(14(19)22-2)13(17-15(20)16-10)9-6-4-3-5-7-9/h3-7,12-13H,8H2,1-2H3,(H,17,20). The number of nitrogens with one attached hydrogen (secondary N) is 1. The molecule has 0 bridgehead atoms. The Bertz CT molecular complexity index is 612. The van der Waals surface area contributed by atoms with Crippen LogP contribution in [-0.2, 0) is 19.1 Å². The van der Waals surface area contributed by atoms with Gasteiger partial charge in [0.1, 0.15) is 5.92 Å². The Morgan fingerprint density at radius 2 is 1.86 bits per heavy atom. The van der Waals surface area contributed by atoms with Gasteiger partial charge in [0.15, 0.2) is 0 Å². The lowest BCUT2D eigenvalue weighted by Gasteiger charge is -2.30. The molecule has 7 heteroatoms. The van der Waals surface area contributed by atoms with E-state index in [1.54, 1.807) is 24.3 Å². The number of nitrogens with zero attached hydrogens (tertiary/aromatic N) is 1. The van der Waals surface area contributed by atoms with Crippen molar-refractivity contribution in [3.63, 3.8) is 0 Å². The molecule has 2 atom stereocenters. The average Bonchev–Trinajstić information content (AvgIpc) is 2.54. The first-order chi connectivity index (χ1) is 10.6. The Morgan fingerprint density at radius 3 is 2.45 bits per heavy atom. The molecule has 0 radical (unpaired) electrons. The topological polar surface area (TPSA) is 94.1 Å². The number of amides is 2. The van der Waals surface area contributed by atoms with Crippen molar-refractivity contribution in [2.45, 2.75) is 12.5 Å². The maximum absolute atomic E-state index is 12.1. The number of methoxy groups -OCH3 is 2. The molecule has 0 spiro atoms. The van der Waals surface area contributed by atoms with Gasteiger partial charge in [0, 0.05) is 0 Å². The van der Waals surface area contributed by atoms with Crippen molar-refractivity contribution in [1.82, 2.24) is 5.32 Å². The summed E-state index contributed by atoms with van der Waals surface area (Å²) < 4.78 is 9.39. The van der Waals surface area contributed by atoms with Gasteiger partial charge in [0.2, 0.25) is 0 Å². The Kier molecular flexibility index (Phi) is 4.88. The second-order valence-electron chi connectivity index (χ2n) is 4.69. The molecule has 2 unspecified atom stereocenters. The molecular weight excluding hydrogens is 288 g/mol. The molecule has 1 heterocycles. The maximum atomic E-state index is 12.1. The van der Waals surface area contributed by atoms with Crippen molar-refractivity contribution in [3.05, 3.63) is 35.9 Å². The van der Waals surface area contributed by atoms with Gasteiger partial charge in [-0.2, -0.15) is 0 Å². The largest absolute Gasteiger partial charge is 0.469 e. The minimum absolute atomic E-state index is 0.135. The first-order valence-corrected chi connectivity index (χ1v) is 6.64. The van der Waals surface area contributed by atoms with E-state index in [4.69, 9.17) is 4.74 Å². The number of ether oxygens (including phenoxy) is 2. The summed E-state index contributed by atoms with van der Waals surface area (Å²) in [5.41, 5.74) is 0.861. The third-order valence-corrected chi connectivity index (χ3v) is 3.38. The van der Waals surface area contributed by atoms with Crippen LogP contribution in [0.1, 0.15) is 18.0 Å². The summed E-state index contributed by atoms with van der Waals surface area (Å²) in [6.07, 6.45) is -0.243. The molecule has 0 aliphatic carbocycles. The Morgan fingerprint density at radius 1 is 1.18 bits per heavy atom. The molecular formula is C15H16N2O5. The van der Waals surface area contributed by atoms with Crippen LogP contribution in [0.4, 0.5) is 4.79 Å². The fourth-order valence-corrected chi connectivity index (χ4v) is 2.35. The van der Waals surface area contributed by atoms with E-state index >= 15 is 0 Å². The molecule has 22 heavy (non-hydrogen) atoms. The summed E-state index contributed by atoms with van der Waals surface area (Å²) in [6, 6.07) is 7.73. The quantitative estimate of drug-likeness (QED) is 0.845. The van der Waals surface area contributed by atoms with E-state index in [0.717, 1.165) is 5.56 Å². The molecule has 116 valence electrons. The van der Waals surface area contributed by atoms with Gasteiger partial charge in [0.25, 0.3) is 0 Å². The van der Waals surface area contributed by atoms with Crippen molar-refractivity contribution >= 4 is 23.7 Å². The van der Waals surface area contributed by atoms with E-state index in [9.17, 15) is 14.4 Å². The van der Waals surface area contributed by atoms with Crippen LogP contribution in [0, 0.1) is 5.92 Å². The molecule has 2 rings (SSSR count). The van der Waals surface area contributed by atoms with Gasteiger partial charge < -0.3 is 14.8 Å². The molecule has 0 saturated carbocycles. The fourth-order valence-electron chi connectivity index (χ4n) is 2.35. The summed E-state index contributed by atoms with van der Waals surface area (Å²) in [5, 5.41) is 2.64. The highest BCUT2D eigenvalue weighted by molar-refractivity contribution is 6.14. The number of benzene rings is 1. The van der Waals surface area contributed by atoms with Gasteiger partial charge in [-0.3, -0.25) is 9.59 Å². The second-order valence-corrected chi connectivity index (χ2v) is 4.69. The third-order valence-electron chi connectivity index (χ3n) is 3.38. The van der Waals surface area contributed by atoms with Gasteiger partial charge >= 0.3 is 18.0 Å². The highest BCUT2D eigenvalue weighted by Gasteiger charge is 2.40. The summed E-state index contributed by atoms with van der Waals surface area (Å²) in [5.74, 6) is -2.02. The van der Waals surface area contributed by atoms with Crippen LogP contribution in [0.5, 0.6) is 0 Å². The van der Waals surface area contributed by atoms with Crippen LogP contribution >= 0.6 is 0 Å². The van der Waals surface area contributed by atoms with E-state index in [1.165, 1.54) is 14.2 Å². The zero-order valence-electron chi connectivity index (χ0n) is 12.2. The van der Waals surface area contributed by atoms with Gasteiger partial charge in [-0.15, -0.1) is 0 Å². The lowest BCUT2D eigenvalue weighted by atomic mass is 9.86. The fraction of sp³-hybridized carbons (Fsp3) is 0.333. The van der Waals surface area contributed by atoms with E-state index < -0.39 is 29.9 Å². The van der Waals surface area contributed by atoms with Crippen molar-refractivity contribution in [3.8, 4) is 0 Å². The summed E-state index contributed by atoms with van der Waals surface area (Å²) in [6.45, 7) is 0. The van der Waals surface area contributed by atoms with Crippen LogP contribution in [-0.4, -0.2) is 37.9 Å². The Labute approximate surface area is 127 Å². The lowest BCUT2D eigenvalue weighted by molar-refractivity contribution is -0.144. The molecule has 2 amide bonds. The highest BCUT2D eigenvalue weighted by atomic mass is 16.5. The number of carbonyl (C=O) groups excluding carboxylic acids is 3. The number of hydrogen-bond acceptors (Lipinski definition) is 5. The molecule has 1 N–H and O–H groups in total. The summed E-state index contributed by atoms with van der Waals surface area (Å²) in [4.78, 5) is 39.2. The number of urea groups is 1. The number of hydrogen-bond donors (Lipinski definition) is 1. The molecule has 7 nitrogen and oxygen atoms in total. The highest BCUT2D eigenvalue weighted by Crippen LogP contribution is 2.29. The molecule has 1 aliphatic rings. The van der Waals surface area contributed by atoms with Crippen molar-refractivity contribution in [1.29, 1.82) is 0 Å². The van der Waals surface area contributed by atoms with Crippen LogP contribution in [0.2, 0.25) is 0 Å². The predicted octanol–water partition coefficient (Wildman–Crippen LogP) is 1.24. The number of carbonyl (C=O) groups is 3. The minimum atomic E-state index is -0.871. The lowest BCUT2D eigenvalue weighted by Crippen LogP contribution is -2.45. The molecule has 1 aromatic rings. The van der Waals surface area contributed by atoms with Crippen molar-refractivity contribution < 1.29 is 23.9 Å². The first-order valence-electron chi connectivity index (χ1n) is 6.64. The average molecular weight is 304 g/mol. The first kappa shape index (κ1) is 15.7. The summed E-state index contributed by atoms with van der Waals surface area (Å²) in [7, 11) is 2.48. The van der Waals surface area contributed by atoms with Gasteiger partial charge in [-0.05, 0) is 5.56 Å². The van der Waals surface area contributed by atoms with E-state index in [2.05, 4.69) is 15.0 Å². The zero-order valence-corrected chi connectivity index (χ0v) is 12.2. The monoisotopic (exact) mass is 304 g/mol. The van der Waals surface area contributed by atoms with Crippen LogP contribution in [0.25, 0.3) is 0 Å². The minimum Gasteiger partial charge on any atom is -0.469 e. The smallest absolute Gasteiger partial charge is 0.341 e. The van der Waals surface area contributed by atoms with Crippen LogP contribution < -0.4 is 5.32 Å². The van der Waals surface area contributed by atoms with Gasteiger partial charge in [-0.25, -0.2) is 9.79 Å². The van der Waals surface area contributed by atoms with Crippen molar-refractivity contribution in [2.75, 3.05) is 14.2 Å². The van der Waals surface area contributed by atoms with Crippen LogP contribution in [0.3, 0.4) is 0 Å². The Balaban J connectivity index is 2.41. The normalized spacial score (nSPS) is 20.6. The molecule has 1 aromatic carbocycles. The van der Waals surface area contributed by atoms with Gasteiger partial charge in [-0.1, -0.05) is 30.3 Å². The zero-order chi connectivity index (χ0) is 16.1. The molecule has 0 aromatic heterocycles. The van der Waals surface area contributed by atoms with Crippen LogP contribution in [0.15, 0.2) is 35.3 Å². The number of aliphatic imine (C=N–C) groups is 1. The van der Waals surface area contributed by atoms with Crippen molar-refractivity contribution in [2.24, 2.45) is 10.9 Å². The molecule has 0 saturated heterocycles. The third kappa shape index (κ3) is 3.30. The van der Waals surface area contributed by atoms with E-state index in [-0.39, 0.29) is 12.1 Å². The maximum Gasteiger partial charge on any atom is 0.341 e. The molecule has 1 aliphatic heterocycles. The number of esters is 2. The number of rotatable bonds is 4. The predicted molar refractivity (Wildman–Crippen MR) is 77.3 cm³/mol.